The van der Waals surface area contributed by atoms with Crippen LogP contribution in [0.25, 0.3) is 11.4 Å². The molecule has 4 aromatic rings. The summed E-state index contributed by atoms with van der Waals surface area (Å²) in [4.78, 5) is 12.8. The predicted octanol–water partition coefficient (Wildman–Crippen LogP) is 0.925. The summed E-state index contributed by atoms with van der Waals surface area (Å²) >= 11 is 0. The maximum atomic E-state index is 5.15. The van der Waals surface area contributed by atoms with Crippen LogP contribution in [0.1, 0.15) is 11.4 Å². The van der Waals surface area contributed by atoms with E-state index in [9.17, 15) is 0 Å². The third-order valence-electron chi connectivity index (χ3n) is 3.42. The molecule has 0 aliphatic heterocycles. The number of hydrogen-bond acceptors (Lipinski definition) is 7. The van der Waals surface area contributed by atoms with E-state index in [-0.39, 0.29) is 0 Å². The van der Waals surface area contributed by atoms with Crippen molar-refractivity contribution >= 4 is 17.2 Å². The summed E-state index contributed by atoms with van der Waals surface area (Å²) in [7, 11) is 1.63. The van der Waals surface area contributed by atoms with Crippen molar-refractivity contribution < 1.29 is 4.74 Å². The highest BCUT2D eigenvalue weighted by molar-refractivity contribution is 5.45. The lowest BCUT2D eigenvalue weighted by Gasteiger charge is -2.10. The van der Waals surface area contributed by atoms with E-state index in [0.717, 1.165) is 22.9 Å². The Morgan fingerprint density at radius 1 is 1.13 bits per heavy atom. The number of methoxy groups -OCH3 is 1. The molecule has 23 heavy (non-hydrogen) atoms. The largest absolute Gasteiger partial charge is 0.378 e. The zero-order chi connectivity index (χ0) is 15.6. The maximum absolute atomic E-state index is 5.15. The molecule has 4 aromatic heterocycles. The van der Waals surface area contributed by atoms with E-state index >= 15 is 0 Å². The Hall–Kier alpha value is -3.07. The molecule has 0 aromatic carbocycles. The van der Waals surface area contributed by atoms with Gasteiger partial charge in [-0.25, -0.2) is 14.5 Å². The van der Waals surface area contributed by atoms with Crippen LogP contribution < -0.4 is 5.32 Å². The molecule has 0 atom stereocenters. The fraction of sp³-hybridized carbons (Fsp3) is 0.214. The predicted molar refractivity (Wildman–Crippen MR) is 81.8 cm³/mol. The Kier molecular flexibility index (Phi) is 3.31. The van der Waals surface area contributed by atoms with Crippen LogP contribution in [0.5, 0.6) is 0 Å². The first-order valence-electron chi connectivity index (χ1n) is 7.05. The van der Waals surface area contributed by atoms with Crippen LogP contribution in [0, 0.1) is 0 Å². The number of rotatable bonds is 5. The van der Waals surface area contributed by atoms with Crippen LogP contribution in [0.4, 0.5) is 5.82 Å². The van der Waals surface area contributed by atoms with E-state index in [1.54, 1.807) is 28.5 Å². The average molecular weight is 310 g/mol. The summed E-state index contributed by atoms with van der Waals surface area (Å²) in [6.07, 6.45) is 4.97. The van der Waals surface area contributed by atoms with Crippen LogP contribution in [-0.2, 0) is 17.9 Å². The molecule has 0 saturated carbocycles. The van der Waals surface area contributed by atoms with E-state index in [4.69, 9.17) is 4.74 Å². The molecule has 0 amide bonds. The molecule has 0 unspecified atom stereocenters. The molecule has 0 bridgehead atoms. The molecule has 0 aliphatic carbocycles. The molecular weight excluding hydrogens is 296 g/mol. The number of hydrogen-bond donors (Lipinski definition) is 1. The van der Waals surface area contributed by atoms with Crippen molar-refractivity contribution in [1.29, 1.82) is 0 Å². The molecule has 4 rings (SSSR count). The van der Waals surface area contributed by atoms with Crippen molar-refractivity contribution in [3.8, 4) is 0 Å². The molecule has 0 spiro atoms. The van der Waals surface area contributed by atoms with Gasteiger partial charge in [-0.05, 0) is 6.07 Å². The molecule has 1 N–H and O–H groups in total. The lowest BCUT2D eigenvalue weighted by atomic mass is 10.3. The topological polar surface area (TPSA) is 94.5 Å². The van der Waals surface area contributed by atoms with Gasteiger partial charge in [0.1, 0.15) is 12.1 Å². The summed E-state index contributed by atoms with van der Waals surface area (Å²) in [5.74, 6) is 1.32. The van der Waals surface area contributed by atoms with E-state index in [1.165, 1.54) is 6.33 Å². The lowest BCUT2D eigenvalue weighted by Crippen LogP contribution is -2.11. The van der Waals surface area contributed by atoms with Gasteiger partial charge in [-0.2, -0.15) is 19.7 Å². The summed E-state index contributed by atoms with van der Waals surface area (Å²) in [6.45, 7) is 0.975. The lowest BCUT2D eigenvalue weighted by molar-refractivity contribution is 0.181. The van der Waals surface area contributed by atoms with Gasteiger partial charge in [-0.15, -0.1) is 0 Å². The van der Waals surface area contributed by atoms with E-state index in [2.05, 4.69) is 30.5 Å². The molecule has 9 nitrogen and oxygen atoms in total. The van der Waals surface area contributed by atoms with Gasteiger partial charge in [0, 0.05) is 25.4 Å². The van der Waals surface area contributed by atoms with Gasteiger partial charge >= 0.3 is 0 Å². The van der Waals surface area contributed by atoms with E-state index in [0.29, 0.717) is 18.9 Å². The zero-order valence-corrected chi connectivity index (χ0v) is 12.4. The van der Waals surface area contributed by atoms with Gasteiger partial charge in [0.05, 0.1) is 30.7 Å². The first-order chi connectivity index (χ1) is 11.3. The molecule has 0 radical (unpaired) electrons. The standard InChI is InChI=1S/C14H14N8O/c1-23-8-10-6-13(22-14(20-10)17-9-19-22)16-7-11-2-4-15-12-3-5-18-21(11)12/h2-6,9,16H,7-8H2,1H3. The number of ether oxygens (including phenoxy) is 1. The zero-order valence-electron chi connectivity index (χ0n) is 12.4. The molecule has 4 heterocycles. The number of fused-ring (bicyclic) bond motifs is 2. The minimum atomic E-state index is 0.413. The fourth-order valence-electron chi connectivity index (χ4n) is 2.41. The van der Waals surface area contributed by atoms with Crippen LogP contribution in [-0.4, -0.2) is 41.3 Å². The Morgan fingerprint density at radius 3 is 3.00 bits per heavy atom. The van der Waals surface area contributed by atoms with E-state index in [1.807, 2.05) is 18.2 Å². The van der Waals surface area contributed by atoms with Gasteiger partial charge in [-0.3, -0.25) is 0 Å². The van der Waals surface area contributed by atoms with Gasteiger partial charge in [0.15, 0.2) is 5.65 Å². The summed E-state index contributed by atoms with van der Waals surface area (Å²) < 4.78 is 8.60. The van der Waals surface area contributed by atoms with Gasteiger partial charge < -0.3 is 10.1 Å². The highest BCUT2D eigenvalue weighted by atomic mass is 16.5. The Labute approximate surface area is 131 Å². The first-order valence-corrected chi connectivity index (χ1v) is 7.05. The Bertz CT molecular complexity index is 960. The van der Waals surface area contributed by atoms with Crippen molar-refractivity contribution in [1.82, 2.24) is 34.2 Å². The van der Waals surface area contributed by atoms with Crippen LogP contribution in [0.3, 0.4) is 0 Å². The number of nitrogens with one attached hydrogen (secondary N) is 1. The average Bonchev–Trinajstić information content (AvgIpc) is 3.21. The van der Waals surface area contributed by atoms with Crippen molar-refractivity contribution in [3.05, 3.63) is 48.3 Å². The van der Waals surface area contributed by atoms with Crippen molar-refractivity contribution in [2.45, 2.75) is 13.2 Å². The highest BCUT2D eigenvalue weighted by Gasteiger charge is 2.08. The maximum Gasteiger partial charge on any atom is 0.254 e. The second-order valence-corrected chi connectivity index (χ2v) is 4.93. The van der Waals surface area contributed by atoms with Crippen molar-refractivity contribution in [2.75, 3.05) is 12.4 Å². The molecule has 116 valence electrons. The second kappa shape index (κ2) is 5.61. The molecule has 0 aliphatic rings. The number of aromatic nitrogens is 7. The minimum absolute atomic E-state index is 0.413. The van der Waals surface area contributed by atoms with Gasteiger partial charge in [0.25, 0.3) is 5.78 Å². The quantitative estimate of drug-likeness (QED) is 0.586. The van der Waals surface area contributed by atoms with E-state index < -0.39 is 0 Å². The fourth-order valence-corrected chi connectivity index (χ4v) is 2.41. The third kappa shape index (κ3) is 2.46. The highest BCUT2D eigenvalue weighted by Crippen LogP contribution is 2.13. The van der Waals surface area contributed by atoms with Crippen molar-refractivity contribution in [2.24, 2.45) is 0 Å². The summed E-state index contributed by atoms with van der Waals surface area (Å²) in [6, 6.07) is 5.68. The second-order valence-electron chi connectivity index (χ2n) is 4.93. The monoisotopic (exact) mass is 310 g/mol. The summed E-state index contributed by atoms with van der Waals surface area (Å²) in [5, 5.41) is 11.8. The van der Waals surface area contributed by atoms with Crippen molar-refractivity contribution in [3.63, 3.8) is 0 Å². The number of nitrogens with zero attached hydrogens (tertiary/aromatic N) is 7. The van der Waals surface area contributed by atoms with Crippen LogP contribution in [0.2, 0.25) is 0 Å². The Balaban J connectivity index is 1.67. The smallest absolute Gasteiger partial charge is 0.254 e. The third-order valence-corrected chi connectivity index (χ3v) is 3.42. The Morgan fingerprint density at radius 2 is 2.09 bits per heavy atom. The SMILES string of the molecule is COCc1cc(NCc2ccnc3ccnn23)n2ncnc2n1. The molecule has 0 saturated heterocycles. The minimum Gasteiger partial charge on any atom is -0.378 e. The van der Waals surface area contributed by atoms with Crippen LogP contribution >= 0.6 is 0 Å². The molecular formula is C14H14N8O. The van der Waals surface area contributed by atoms with Gasteiger partial charge in [0.2, 0.25) is 0 Å². The molecule has 0 fully saturated rings. The summed E-state index contributed by atoms with van der Waals surface area (Å²) in [5.41, 5.74) is 2.58. The molecule has 9 heteroatoms. The first kappa shape index (κ1) is 13.6. The normalized spacial score (nSPS) is 11.3. The number of anilines is 1. The van der Waals surface area contributed by atoms with Gasteiger partial charge in [-0.1, -0.05) is 0 Å². The van der Waals surface area contributed by atoms with Crippen LogP contribution in [0.15, 0.2) is 36.9 Å².